The maximum Gasteiger partial charge on any atom is 0.315 e. The van der Waals surface area contributed by atoms with Gasteiger partial charge in [-0.3, -0.25) is 4.79 Å². The van der Waals surface area contributed by atoms with Crippen LogP contribution in [0.1, 0.15) is 25.0 Å². The molecule has 0 spiro atoms. The fraction of sp³-hybridized carbons (Fsp3) is 0.467. The summed E-state index contributed by atoms with van der Waals surface area (Å²) in [4.78, 5) is 22.9. The van der Waals surface area contributed by atoms with E-state index in [1.54, 1.807) is 0 Å². The van der Waals surface area contributed by atoms with E-state index < -0.39 is 6.04 Å². The van der Waals surface area contributed by atoms with Gasteiger partial charge in [0.1, 0.15) is 6.04 Å². The normalized spacial score (nSPS) is 17.5. The molecule has 1 heterocycles. The molecule has 6 nitrogen and oxygen atoms in total. The molecule has 0 saturated carbocycles. The van der Waals surface area contributed by atoms with E-state index in [2.05, 4.69) is 16.0 Å². The molecular formula is C15H21N3O3. The minimum Gasteiger partial charge on any atom is -0.374 e. The van der Waals surface area contributed by atoms with Crippen molar-refractivity contribution in [3.05, 3.63) is 35.4 Å². The van der Waals surface area contributed by atoms with Crippen molar-refractivity contribution in [2.75, 3.05) is 6.54 Å². The van der Waals surface area contributed by atoms with Crippen LogP contribution in [-0.2, 0) is 22.7 Å². The molecule has 1 aliphatic rings. The highest BCUT2D eigenvalue weighted by atomic mass is 16.5. The molecule has 6 heteroatoms. The van der Waals surface area contributed by atoms with E-state index in [1.807, 2.05) is 38.1 Å². The van der Waals surface area contributed by atoms with Gasteiger partial charge in [-0.15, -0.1) is 0 Å². The lowest BCUT2D eigenvalue weighted by Crippen LogP contribution is -2.42. The molecule has 0 radical (unpaired) electrons. The maximum absolute atomic E-state index is 11.9. The van der Waals surface area contributed by atoms with Gasteiger partial charge in [0, 0.05) is 13.1 Å². The van der Waals surface area contributed by atoms with Gasteiger partial charge in [-0.1, -0.05) is 24.3 Å². The van der Waals surface area contributed by atoms with Gasteiger partial charge in [0.05, 0.1) is 12.7 Å². The summed E-state index contributed by atoms with van der Waals surface area (Å²) in [5, 5.41) is 7.93. The second-order valence-electron chi connectivity index (χ2n) is 5.30. The molecule has 21 heavy (non-hydrogen) atoms. The summed E-state index contributed by atoms with van der Waals surface area (Å²) >= 11 is 0. The van der Waals surface area contributed by atoms with Crippen LogP contribution in [0.25, 0.3) is 0 Å². The van der Waals surface area contributed by atoms with Crippen molar-refractivity contribution in [1.29, 1.82) is 0 Å². The van der Waals surface area contributed by atoms with Crippen molar-refractivity contribution in [1.82, 2.24) is 16.0 Å². The molecular weight excluding hydrogens is 270 g/mol. The average Bonchev–Trinajstić information content (AvgIpc) is 2.90. The molecule has 0 bridgehead atoms. The third-order valence-corrected chi connectivity index (χ3v) is 3.13. The lowest BCUT2D eigenvalue weighted by Gasteiger charge is -2.11. The van der Waals surface area contributed by atoms with Gasteiger partial charge in [0.15, 0.2) is 0 Å². The first-order valence-corrected chi connectivity index (χ1v) is 7.06. The Bertz CT molecular complexity index is 517. The number of carbonyl (C=O) groups excluding carboxylic acids is 2. The Morgan fingerprint density at radius 1 is 1.43 bits per heavy atom. The number of rotatable bonds is 6. The van der Waals surface area contributed by atoms with Crippen LogP contribution < -0.4 is 16.0 Å². The Morgan fingerprint density at radius 3 is 2.86 bits per heavy atom. The van der Waals surface area contributed by atoms with Crippen LogP contribution in [0, 0.1) is 0 Å². The lowest BCUT2D eigenvalue weighted by molar-refractivity contribution is -0.122. The van der Waals surface area contributed by atoms with E-state index in [9.17, 15) is 9.59 Å². The molecule has 3 N–H and O–H groups in total. The summed E-state index contributed by atoms with van der Waals surface area (Å²) in [6.07, 6.45) is 0.187. The summed E-state index contributed by atoms with van der Waals surface area (Å²) < 4.78 is 5.56. The molecule has 1 fully saturated rings. The number of nitrogens with one attached hydrogen (secondary N) is 3. The SMILES string of the molecule is CC(C)OCc1cccc(CNC(=O)[C@H]2CNC(=O)N2)c1. The molecule has 1 aromatic rings. The number of carbonyl (C=O) groups is 2. The van der Waals surface area contributed by atoms with E-state index >= 15 is 0 Å². The van der Waals surface area contributed by atoms with Crippen molar-refractivity contribution >= 4 is 11.9 Å². The monoisotopic (exact) mass is 291 g/mol. The quantitative estimate of drug-likeness (QED) is 0.729. The molecule has 1 aromatic carbocycles. The molecule has 2 rings (SSSR count). The van der Waals surface area contributed by atoms with Crippen LogP contribution in [0.5, 0.6) is 0 Å². The highest BCUT2D eigenvalue weighted by molar-refractivity contribution is 5.90. The van der Waals surface area contributed by atoms with Crippen molar-refractivity contribution in [3.63, 3.8) is 0 Å². The number of benzene rings is 1. The Labute approximate surface area is 124 Å². The van der Waals surface area contributed by atoms with Gasteiger partial charge in [-0.2, -0.15) is 0 Å². The first-order chi connectivity index (χ1) is 10.0. The smallest absolute Gasteiger partial charge is 0.315 e. The molecule has 0 aromatic heterocycles. The standard InChI is InChI=1S/C15H21N3O3/c1-10(2)21-9-12-5-3-4-11(6-12)7-16-14(19)13-8-17-15(20)18-13/h3-6,10,13H,7-9H2,1-2H3,(H,16,19)(H2,17,18,20)/t13-/m1/s1. The minimum atomic E-state index is -0.495. The van der Waals surface area contributed by atoms with Crippen molar-refractivity contribution in [3.8, 4) is 0 Å². The van der Waals surface area contributed by atoms with Crippen LogP contribution in [0.2, 0.25) is 0 Å². The number of urea groups is 1. The summed E-state index contributed by atoms with van der Waals surface area (Å²) in [5.41, 5.74) is 2.08. The second kappa shape index (κ2) is 7.08. The van der Waals surface area contributed by atoms with Crippen LogP contribution in [0.4, 0.5) is 4.79 Å². The summed E-state index contributed by atoms with van der Waals surface area (Å²) in [5.74, 6) is -0.183. The molecule has 0 aliphatic carbocycles. The van der Waals surface area contributed by atoms with Gasteiger partial charge in [0.2, 0.25) is 5.91 Å². The summed E-state index contributed by atoms with van der Waals surface area (Å²) in [6.45, 7) is 5.30. The zero-order valence-electron chi connectivity index (χ0n) is 12.3. The first-order valence-electron chi connectivity index (χ1n) is 7.06. The van der Waals surface area contributed by atoms with Gasteiger partial charge < -0.3 is 20.7 Å². The molecule has 114 valence electrons. The third kappa shape index (κ3) is 4.75. The van der Waals surface area contributed by atoms with Gasteiger partial charge in [0.25, 0.3) is 0 Å². The van der Waals surface area contributed by atoms with E-state index in [0.29, 0.717) is 19.7 Å². The predicted molar refractivity (Wildman–Crippen MR) is 78.5 cm³/mol. The van der Waals surface area contributed by atoms with Crippen molar-refractivity contribution in [2.45, 2.75) is 39.1 Å². The molecule has 1 saturated heterocycles. The molecule has 1 atom stereocenters. The Balaban J connectivity index is 1.83. The number of amides is 3. The molecule has 0 unspecified atom stereocenters. The largest absolute Gasteiger partial charge is 0.374 e. The average molecular weight is 291 g/mol. The van der Waals surface area contributed by atoms with Crippen LogP contribution in [0.3, 0.4) is 0 Å². The van der Waals surface area contributed by atoms with Crippen LogP contribution in [0.15, 0.2) is 24.3 Å². The Kier molecular flexibility index (Phi) is 5.16. The minimum absolute atomic E-state index is 0.183. The number of hydrogen-bond donors (Lipinski definition) is 3. The van der Waals surface area contributed by atoms with Crippen LogP contribution >= 0.6 is 0 Å². The Morgan fingerprint density at radius 2 is 2.19 bits per heavy atom. The fourth-order valence-corrected chi connectivity index (χ4v) is 2.02. The lowest BCUT2D eigenvalue weighted by atomic mass is 10.1. The summed E-state index contributed by atoms with van der Waals surface area (Å²) in [7, 11) is 0. The van der Waals surface area contributed by atoms with E-state index in [4.69, 9.17) is 4.74 Å². The predicted octanol–water partition coefficient (Wildman–Crippen LogP) is 0.909. The Hall–Kier alpha value is -2.08. The highest BCUT2D eigenvalue weighted by Gasteiger charge is 2.26. The highest BCUT2D eigenvalue weighted by Crippen LogP contribution is 2.08. The maximum atomic E-state index is 11.9. The number of hydrogen-bond acceptors (Lipinski definition) is 3. The molecule has 1 aliphatic heterocycles. The third-order valence-electron chi connectivity index (χ3n) is 3.13. The summed E-state index contributed by atoms with van der Waals surface area (Å²) in [6, 6.07) is 7.10. The second-order valence-corrected chi connectivity index (χ2v) is 5.30. The van der Waals surface area contributed by atoms with Gasteiger partial charge in [-0.05, 0) is 25.0 Å². The van der Waals surface area contributed by atoms with Crippen molar-refractivity contribution < 1.29 is 14.3 Å². The van der Waals surface area contributed by atoms with Gasteiger partial charge in [-0.25, -0.2) is 4.79 Å². The van der Waals surface area contributed by atoms with E-state index in [-0.39, 0.29) is 18.0 Å². The van der Waals surface area contributed by atoms with Gasteiger partial charge >= 0.3 is 6.03 Å². The topological polar surface area (TPSA) is 79.5 Å². The van der Waals surface area contributed by atoms with Crippen LogP contribution in [-0.4, -0.2) is 30.6 Å². The van der Waals surface area contributed by atoms with Crippen molar-refractivity contribution in [2.24, 2.45) is 0 Å². The number of ether oxygens (including phenoxy) is 1. The zero-order valence-corrected chi connectivity index (χ0v) is 12.3. The first kappa shape index (κ1) is 15.3. The molecule has 3 amide bonds. The van der Waals surface area contributed by atoms with E-state index in [1.165, 1.54) is 0 Å². The van der Waals surface area contributed by atoms with E-state index in [0.717, 1.165) is 11.1 Å². The zero-order chi connectivity index (χ0) is 15.2. The fourth-order valence-electron chi connectivity index (χ4n) is 2.02.